The van der Waals surface area contributed by atoms with Gasteiger partial charge in [-0.15, -0.1) is 0 Å². The molecule has 8 aromatic heterocycles. The molecule has 50 nitrogen and oxygen atoms in total. The van der Waals surface area contributed by atoms with Gasteiger partial charge in [-0.25, -0.2) is 39.9 Å². The fraction of sp³-hybridized carbons (Fsp3) is 0.533. The minimum Gasteiger partial charge on any atom is -0.478 e. The van der Waals surface area contributed by atoms with E-state index in [0.29, 0.717) is 129 Å². The molecule has 5 aliphatic rings. The Kier molecular flexibility index (Phi) is 44.3. The molecule has 0 aliphatic heterocycles. The van der Waals surface area contributed by atoms with Gasteiger partial charge in [0, 0.05) is 144 Å². The molecule has 0 atom stereocenters. The highest BCUT2D eigenvalue weighted by Gasteiger charge is 2.32. The van der Waals surface area contributed by atoms with Crippen LogP contribution in [0.1, 0.15) is 178 Å². The summed E-state index contributed by atoms with van der Waals surface area (Å²) in [5.41, 5.74) is 32.5. The van der Waals surface area contributed by atoms with Gasteiger partial charge in [0.05, 0.1) is 43.9 Å². The quantitative estimate of drug-likeness (QED) is 0.0125. The Morgan fingerprint density at radius 2 is 0.669 bits per heavy atom. The van der Waals surface area contributed by atoms with Crippen molar-refractivity contribution in [1.82, 2.24) is 70.1 Å². The molecule has 2 amide bonds. The number of anilines is 11. The largest absolute Gasteiger partial charge is 0.478 e. The molecule has 14 rings (SSSR count). The molecule has 22 N–H and O–H groups in total. The van der Waals surface area contributed by atoms with Crippen LogP contribution < -0.4 is 107 Å². The first kappa shape index (κ1) is 112. The second-order valence-electron chi connectivity index (χ2n) is 36.0. The van der Waals surface area contributed by atoms with Gasteiger partial charge in [-0.1, -0.05) is 30.3 Å². The average molecular weight is 2020 g/mol. The molecule has 1 aromatic carbocycles. The Labute approximate surface area is 834 Å². The maximum absolute atomic E-state index is 12.4. The Bertz CT molecular complexity index is 5640. The van der Waals surface area contributed by atoms with Crippen LogP contribution in [0.5, 0.6) is 17.6 Å². The first-order valence-electron chi connectivity index (χ1n) is 48.2. The summed E-state index contributed by atoms with van der Waals surface area (Å²) in [6.07, 6.45) is 25.6. The van der Waals surface area contributed by atoms with E-state index in [2.05, 4.69) is 129 Å². The van der Waals surface area contributed by atoms with Crippen LogP contribution in [0, 0.1) is 80.2 Å². The monoisotopic (exact) mass is 2020 g/mol. The number of aromatic nitrogens is 13. The summed E-state index contributed by atoms with van der Waals surface area (Å²) >= 11 is 0. The van der Waals surface area contributed by atoms with E-state index in [9.17, 15) is 73.3 Å². The van der Waals surface area contributed by atoms with Crippen molar-refractivity contribution in [3.63, 3.8) is 0 Å². The highest BCUT2D eigenvalue weighted by atomic mass is 19.4. The van der Waals surface area contributed by atoms with Gasteiger partial charge in [-0.2, -0.15) is 38.1 Å². The van der Waals surface area contributed by atoms with Gasteiger partial charge in [0.15, 0.2) is 6.61 Å². The number of benzene rings is 1. The number of amides is 2. The van der Waals surface area contributed by atoms with Crippen LogP contribution in [-0.2, 0) is 35.8 Å². The topological polar surface area (TPSA) is 720 Å². The van der Waals surface area contributed by atoms with E-state index in [1.54, 1.807) is 36.7 Å². The zero-order valence-electron chi connectivity index (χ0n) is 81.6. The molecule has 145 heavy (non-hydrogen) atoms. The van der Waals surface area contributed by atoms with Crippen LogP contribution in [0.2, 0.25) is 0 Å². The van der Waals surface area contributed by atoms with E-state index >= 15 is 0 Å². The number of nitrogens with zero attached hydrogens (tertiary/aromatic N) is 18. The summed E-state index contributed by atoms with van der Waals surface area (Å²) in [7, 11) is 1.52. The first-order valence-corrected chi connectivity index (χ1v) is 48.2. The number of halogens is 3. The van der Waals surface area contributed by atoms with Crippen molar-refractivity contribution in [2.45, 2.75) is 225 Å². The predicted octanol–water partition coefficient (Wildman–Crippen LogP) is 12.4. The molecule has 0 bridgehead atoms. The summed E-state index contributed by atoms with van der Waals surface area (Å²) in [5.74, 6) is 4.63. The van der Waals surface area contributed by atoms with Crippen LogP contribution in [0.4, 0.5) is 106 Å². The summed E-state index contributed by atoms with van der Waals surface area (Å²) in [6.45, 7) is 10.5. The van der Waals surface area contributed by atoms with Crippen LogP contribution >= 0.6 is 0 Å². The molecule has 5 aliphatic carbocycles. The highest BCUT2D eigenvalue weighted by molar-refractivity contribution is 5.88. The second kappa shape index (κ2) is 57.3. The Morgan fingerprint density at radius 1 is 0.393 bits per heavy atom. The number of pyridine rings is 3. The third-order valence-corrected chi connectivity index (χ3v) is 24.4. The van der Waals surface area contributed by atoms with Crippen LogP contribution in [0.3, 0.4) is 0 Å². The molecular weight excluding hydrogens is 1890 g/mol. The molecule has 784 valence electrons. The van der Waals surface area contributed by atoms with Gasteiger partial charge in [-0.3, -0.25) is 60.2 Å². The maximum atomic E-state index is 12.4. The van der Waals surface area contributed by atoms with Gasteiger partial charge in [-0.05, 0) is 215 Å². The molecule has 0 radical (unpaired) electrons. The van der Waals surface area contributed by atoms with Crippen LogP contribution in [0.15, 0.2) is 110 Å². The number of alkyl halides is 3. The van der Waals surface area contributed by atoms with E-state index in [-0.39, 0.29) is 137 Å². The number of nitrogens with one attached hydrogen (secondary N) is 12. The predicted molar refractivity (Wildman–Crippen MR) is 539 cm³/mol. The first-order chi connectivity index (χ1) is 69.6. The lowest BCUT2D eigenvalue weighted by molar-refractivity contribution is -0.384. The zero-order chi connectivity index (χ0) is 104. The number of ether oxygens (including phenoxy) is 3. The minimum absolute atomic E-state index is 0.000542. The lowest BCUT2D eigenvalue weighted by atomic mass is 9.86. The third-order valence-electron chi connectivity index (χ3n) is 24.4. The highest BCUT2D eigenvalue weighted by Crippen LogP contribution is 2.35. The smallest absolute Gasteiger partial charge is 0.422 e. The normalized spacial score (nSPS) is 19.0. The summed E-state index contributed by atoms with van der Waals surface area (Å²) in [4.78, 5) is 130. The van der Waals surface area contributed by atoms with Gasteiger partial charge < -0.3 is 107 Å². The number of nitro groups is 5. The standard InChI is InChI=1S/C20H27N7O3.C20H29N7O3.C19H24F3N7O3.C19H27N7O3.C14H23N7O3/c1-13(28)25-17-8-4-15(5-9-17)11-23-20-24-12-18(27(29)30)19(26-20)22-10-14-2-6-16(21)7-3-14;1-13(2)30-19-15(4-3-9-22-19)11-24-20-25-12-17(27(28)29)18(26-20)23-10-14-5-7-16(21)8-6-14;20-19(21,22)11-32-17-13(2-1-7-24-17)9-26-18-27-10-15(29(30)31)16(28-18)25-8-12-3-5-14(23)6-4-12;1-2-29-18-14(4-3-9-21-18)11-23-19-24-12-16(26(27)28)17(25-19)22-10-13-5-7-15(20)8-6-13;1-16-12(22)8-19-14-18-7-11(21(23)24)13(20-14)17-6-9-2-4-10(15)5-3-9/h4-5,8-9,12,14,16H,2-3,6-7,10-11,21H2,1H3,(H,25,28)(H2,22,23,24,26);3-4,9,12-14,16H,5-8,10-11,21H2,1-2H3,(H2,23,24,25,26);1-2,7,10,12,14H,3-6,8-9,11,23H2,(H2,25,26,27,28);3-4,9,12-13,15H,2,5-8,10-11,20H2,1H3,(H2,22,23,24,25);7,9-10H,2-6,8,15H2,1H3,(H,16,22)(H2,17,18,19,20). The van der Waals surface area contributed by atoms with Crippen LogP contribution in [-0.4, -0.2) is 203 Å². The SMILES string of the molecule is CC(=O)Nc1ccc(CNc2ncc([N+](=O)[O-])c(NCC3CCC(N)CC3)n2)cc1.CC(C)Oc1ncccc1CNc1ncc([N+](=O)[O-])c(NCC2CCC(N)CC2)n1.CCOc1ncccc1CNc1ncc([N+](=O)[O-])c(NCC2CCC(N)CC2)n1.CNC(=O)CNc1ncc([N+](=O)[O-])c(NCC2CCC(N)CC2)n1.NC1CCC(CNc2nc(NCc3cccnc3OCC(F)(F)F)ncc2[N+](=O)[O-])CC1. The Balaban J connectivity index is 0.000000186. The fourth-order valence-electron chi connectivity index (χ4n) is 16.2. The molecular formula is C92H130F3N35O15. The number of nitrogens with two attached hydrogens (primary N) is 5. The molecule has 0 saturated heterocycles. The summed E-state index contributed by atoms with van der Waals surface area (Å²) in [6, 6.07) is 19.1. The van der Waals surface area contributed by atoms with Gasteiger partial charge in [0.1, 0.15) is 31.0 Å². The molecule has 9 aromatic rings. The van der Waals surface area contributed by atoms with E-state index < -0.39 is 37.4 Å². The molecule has 8 heterocycles. The molecule has 0 unspecified atom stereocenters. The van der Waals surface area contributed by atoms with Crippen molar-refractivity contribution in [2.75, 3.05) is 118 Å². The summed E-state index contributed by atoms with van der Waals surface area (Å²) in [5, 5.41) is 92.0. The Morgan fingerprint density at radius 3 is 0.938 bits per heavy atom. The number of carbonyl (C=O) groups excluding carboxylic acids is 2. The second-order valence-corrected chi connectivity index (χ2v) is 36.0. The number of hydrogen-bond acceptors (Lipinski definition) is 43. The lowest BCUT2D eigenvalue weighted by Crippen LogP contribution is -2.29. The average Bonchev–Trinajstić information content (AvgIpc) is 0.846. The molecule has 5 fully saturated rings. The van der Waals surface area contributed by atoms with Gasteiger partial charge in [0.2, 0.25) is 88.3 Å². The number of carbonyl (C=O) groups is 2. The van der Waals surface area contributed by atoms with Crippen molar-refractivity contribution < 1.29 is 61.6 Å². The maximum Gasteiger partial charge on any atom is 0.422 e. The summed E-state index contributed by atoms with van der Waals surface area (Å²) < 4.78 is 53.3. The van der Waals surface area contributed by atoms with Gasteiger partial charge in [0.25, 0.3) is 0 Å². The fourth-order valence-corrected chi connectivity index (χ4v) is 16.2. The number of likely N-dealkylation sites (N-methyl/N-ethyl adjacent to an activating group) is 1. The third kappa shape index (κ3) is 38.7. The van der Waals surface area contributed by atoms with Crippen molar-refractivity contribution in [3.05, 3.63) is 183 Å². The van der Waals surface area contributed by atoms with E-state index in [4.69, 9.17) is 42.9 Å². The van der Waals surface area contributed by atoms with E-state index in [0.717, 1.165) is 158 Å². The lowest BCUT2D eigenvalue weighted by Gasteiger charge is -2.26. The number of hydrogen-bond donors (Lipinski definition) is 17. The minimum atomic E-state index is -4.49. The Hall–Kier alpha value is -15.0. The molecule has 0 spiro atoms. The number of rotatable bonds is 42. The van der Waals surface area contributed by atoms with Crippen molar-refractivity contribution >= 4 is 105 Å². The van der Waals surface area contributed by atoms with Crippen molar-refractivity contribution in [1.29, 1.82) is 0 Å². The molecule has 53 heteroatoms. The van der Waals surface area contributed by atoms with Gasteiger partial charge >= 0.3 is 34.6 Å². The van der Waals surface area contributed by atoms with E-state index in [1.165, 1.54) is 38.8 Å². The zero-order valence-corrected chi connectivity index (χ0v) is 81.6. The molecule has 5 saturated carbocycles. The van der Waals surface area contributed by atoms with Crippen LogP contribution in [0.25, 0.3) is 0 Å². The van der Waals surface area contributed by atoms with E-state index in [1.807, 2.05) is 57.2 Å². The van der Waals surface area contributed by atoms with Crippen molar-refractivity contribution in [2.24, 2.45) is 58.3 Å². The van der Waals surface area contributed by atoms with Crippen molar-refractivity contribution in [3.8, 4) is 17.6 Å².